The second-order valence-corrected chi connectivity index (χ2v) is 1.93. The predicted octanol–water partition coefficient (Wildman–Crippen LogP) is 0.411. The molecule has 50 valence electrons. The molecule has 0 unspecified atom stereocenters. The molecule has 1 rings (SSSR count). The lowest BCUT2D eigenvalue weighted by Crippen LogP contribution is -1.99. The van der Waals surface area contributed by atoms with E-state index >= 15 is 0 Å². The van der Waals surface area contributed by atoms with Crippen LogP contribution in [0.3, 0.4) is 0 Å². The third-order valence-corrected chi connectivity index (χ3v) is 1.22. The van der Waals surface area contributed by atoms with Crippen molar-refractivity contribution in [3.8, 4) is 0 Å². The van der Waals surface area contributed by atoms with Gasteiger partial charge in [0.05, 0.1) is 0 Å². The van der Waals surface area contributed by atoms with Gasteiger partial charge in [0.1, 0.15) is 0 Å². The van der Waals surface area contributed by atoms with Crippen LogP contribution in [-0.4, -0.2) is 15.2 Å². The van der Waals surface area contributed by atoms with Crippen molar-refractivity contribution in [1.29, 1.82) is 0 Å². The number of hydrogen-bond acceptors (Lipinski definition) is 5. The summed E-state index contributed by atoms with van der Waals surface area (Å²) in [4.78, 5) is 12.3. The molecule has 3 N–H and O–H groups in total. The molecule has 1 aromatic rings. The fourth-order valence-corrected chi connectivity index (χ4v) is 0.721. The maximum atomic E-state index is 7.79. The van der Waals surface area contributed by atoms with E-state index in [4.69, 9.17) is 5.26 Å². The van der Waals surface area contributed by atoms with E-state index in [2.05, 4.69) is 19.8 Å². The molecule has 0 aliphatic heterocycles. The lowest BCUT2D eigenvalue weighted by atomic mass is 11.0. The third-order valence-electron chi connectivity index (χ3n) is 0.649. The van der Waals surface area contributed by atoms with Gasteiger partial charge in [0.25, 0.3) is 0 Å². The van der Waals surface area contributed by atoms with E-state index in [1.54, 1.807) is 12.4 Å². The van der Waals surface area contributed by atoms with Crippen LogP contribution in [-0.2, 0) is 4.99 Å². The number of hydrogen-bond donors (Lipinski definition) is 3. The van der Waals surface area contributed by atoms with Gasteiger partial charge in [0, 0.05) is 24.3 Å². The van der Waals surface area contributed by atoms with Crippen LogP contribution >= 0.6 is 11.9 Å². The highest BCUT2D eigenvalue weighted by Gasteiger charge is 1.91. The fraction of sp³-hybridized carbons (Fsp3) is 0. The molecule has 1 aromatic heterocycles. The first-order valence-corrected chi connectivity index (χ1v) is 2.97. The number of H-pyrrole nitrogens is 1. The molecule has 0 saturated carbocycles. The smallest absolute Gasteiger partial charge is 0.182 e. The van der Waals surface area contributed by atoms with Crippen molar-refractivity contribution < 1.29 is 10.2 Å². The maximum Gasteiger partial charge on any atom is 0.182 e. The third kappa shape index (κ3) is 2.02. The molecule has 0 spiro atoms. The molecule has 1 heterocycles. The van der Waals surface area contributed by atoms with Crippen LogP contribution in [0.1, 0.15) is 0 Å². The molecule has 0 aromatic carbocycles. The van der Waals surface area contributed by atoms with E-state index in [0.29, 0.717) is 5.16 Å². The van der Waals surface area contributed by atoms with Crippen LogP contribution in [0, 0.1) is 0 Å². The highest BCUT2D eigenvalue weighted by molar-refractivity contribution is 7.97. The number of aromatic nitrogens is 2. The topological polar surface area (TPSA) is 70.2 Å². The van der Waals surface area contributed by atoms with E-state index < -0.39 is 0 Å². The summed E-state index contributed by atoms with van der Waals surface area (Å²) in [7, 11) is 0. The summed E-state index contributed by atoms with van der Waals surface area (Å²) >= 11 is 1.04. The van der Waals surface area contributed by atoms with Crippen LogP contribution < -0.4 is 4.89 Å². The largest absolute Gasteiger partial charge is 0.339 e. The van der Waals surface area contributed by atoms with E-state index in [1.807, 2.05) is 0 Å². The second-order valence-electron chi connectivity index (χ2n) is 1.17. The minimum Gasteiger partial charge on any atom is -0.339 e. The Kier molecular flexibility index (Phi) is 2.52. The standard InChI is InChI=1S/C3H5N3O2S/c7-8-6-9-3-4-1-2-5-3/h1-2,6-7H,(H,4,5). The minimum absolute atomic E-state index is 0.629. The monoisotopic (exact) mass is 147 g/mol. The number of nitrogens with one attached hydrogen (secondary N) is 2. The summed E-state index contributed by atoms with van der Waals surface area (Å²) in [6.45, 7) is 0. The van der Waals surface area contributed by atoms with Crippen LogP contribution in [0.4, 0.5) is 0 Å². The molecule has 0 amide bonds. The van der Waals surface area contributed by atoms with Gasteiger partial charge in [0.2, 0.25) is 0 Å². The summed E-state index contributed by atoms with van der Waals surface area (Å²) in [5.74, 6) is 0. The van der Waals surface area contributed by atoms with Crippen molar-refractivity contribution in [2.45, 2.75) is 5.16 Å². The normalized spacial score (nSPS) is 9.89. The lowest BCUT2D eigenvalue weighted by Gasteiger charge is -1.91. The molecule has 0 aliphatic rings. The molecule has 0 saturated heterocycles. The Labute approximate surface area is 55.5 Å². The zero-order valence-electron chi connectivity index (χ0n) is 4.37. The lowest BCUT2D eigenvalue weighted by molar-refractivity contribution is -0.266. The van der Waals surface area contributed by atoms with Gasteiger partial charge in [-0.2, -0.15) is 0 Å². The Morgan fingerprint density at radius 2 is 2.78 bits per heavy atom. The van der Waals surface area contributed by atoms with Crippen molar-refractivity contribution in [1.82, 2.24) is 14.9 Å². The van der Waals surface area contributed by atoms with Crippen LogP contribution in [0.25, 0.3) is 0 Å². The number of rotatable bonds is 3. The van der Waals surface area contributed by atoms with E-state index in [9.17, 15) is 0 Å². The number of aromatic amines is 1. The molecule has 0 fully saturated rings. The van der Waals surface area contributed by atoms with Gasteiger partial charge in [-0.25, -0.2) is 10.2 Å². The average molecular weight is 147 g/mol. The number of imidazole rings is 1. The van der Waals surface area contributed by atoms with Gasteiger partial charge >= 0.3 is 0 Å². The summed E-state index contributed by atoms with van der Waals surface area (Å²) in [6.07, 6.45) is 3.27. The Bertz CT molecular complexity index is 154. The van der Waals surface area contributed by atoms with E-state index in [-0.39, 0.29) is 0 Å². The summed E-state index contributed by atoms with van der Waals surface area (Å²) in [6, 6.07) is 0. The SMILES string of the molecule is OONSc1ncc[nH]1. The molecule has 0 atom stereocenters. The van der Waals surface area contributed by atoms with Crippen molar-refractivity contribution in [2.24, 2.45) is 0 Å². The predicted molar refractivity (Wildman–Crippen MR) is 31.3 cm³/mol. The molecule has 9 heavy (non-hydrogen) atoms. The first-order chi connectivity index (χ1) is 4.43. The molecule has 6 heteroatoms. The van der Waals surface area contributed by atoms with E-state index in [1.165, 1.54) is 0 Å². The van der Waals surface area contributed by atoms with Gasteiger partial charge in [-0.15, -0.1) is 9.87 Å². The van der Waals surface area contributed by atoms with Crippen molar-refractivity contribution in [3.63, 3.8) is 0 Å². The summed E-state index contributed by atoms with van der Waals surface area (Å²) in [5, 5.41) is 8.42. The highest BCUT2D eigenvalue weighted by Crippen LogP contribution is 2.04. The maximum absolute atomic E-state index is 7.79. The Hall–Kier alpha value is -0.560. The first kappa shape index (κ1) is 6.56. The molecule has 0 aliphatic carbocycles. The van der Waals surface area contributed by atoms with Crippen molar-refractivity contribution in [2.75, 3.05) is 0 Å². The number of nitrogens with zero attached hydrogens (tertiary/aromatic N) is 1. The molecular formula is C3H5N3O2S. The van der Waals surface area contributed by atoms with Gasteiger partial charge in [-0.05, 0) is 0 Å². The second kappa shape index (κ2) is 3.46. The van der Waals surface area contributed by atoms with Gasteiger partial charge in [-0.1, -0.05) is 0 Å². The fourth-order valence-electron chi connectivity index (χ4n) is 0.365. The Morgan fingerprint density at radius 3 is 3.33 bits per heavy atom. The van der Waals surface area contributed by atoms with Crippen molar-refractivity contribution in [3.05, 3.63) is 12.4 Å². The van der Waals surface area contributed by atoms with Crippen LogP contribution in [0.2, 0.25) is 0 Å². The van der Waals surface area contributed by atoms with Crippen LogP contribution in [0.15, 0.2) is 17.6 Å². The summed E-state index contributed by atoms with van der Waals surface area (Å²) < 4.78 is 0. The Morgan fingerprint density at radius 1 is 1.89 bits per heavy atom. The molecular weight excluding hydrogens is 142 g/mol. The highest BCUT2D eigenvalue weighted by atomic mass is 32.2. The zero-order chi connectivity index (χ0) is 6.53. The Balaban J connectivity index is 2.30. The molecule has 0 bridgehead atoms. The minimum atomic E-state index is 0.629. The van der Waals surface area contributed by atoms with Gasteiger partial charge in [0.15, 0.2) is 5.16 Å². The molecule has 0 radical (unpaired) electrons. The quantitative estimate of drug-likeness (QED) is 0.328. The van der Waals surface area contributed by atoms with Gasteiger partial charge in [-0.3, -0.25) is 0 Å². The first-order valence-electron chi connectivity index (χ1n) is 2.15. The van der Waals surface area contributed by atoms with Crippen molar-refractivity contribution >= 4 is 11.9 Å². The zero-order valence-corrected chi connectivity index (χ0v) is 5.18. The summed E-state index contributed by atoms with van der Waals surface area (Å²) in [5.41, 5.74) is 0. The average Bonchev–Trinajstić information content (AvgIpc) is 2.34. The molecule has 5 nitrogen and oxygen atoms in total. The van der Waals surface area contributed by atoms with Gasteiger partial charge < -0.3 is 4.98 Å². The van der Waals surface area contributed by atoms with Crippen LogP contribution in [0.5, 0.6) is 0 Å². The van der Waals surface area contributed by atoms with E-state index in [0.717, 1.165) is 11.9 Å².